The summed E-state index contributed by atoms with van der Waals surface area (Å²) < 4.78 is 7.71. The Morgan fingerprint density at radius 3 is 2.95 bits per heavy atom. The van der Waals surface area contributed by atoms with Crippen LogP contribution in [-0.2, 0) is 11.8 Å². The molecule has 6 heteroatoms. The summed E-state index contributed by atoms with van der Waals surface area (Å²) in [6.07, 6.45) is 6.42. The van der Waals surface area contributed by atoms with Crippen LogP contribution in [0.5, 0.6) is 0 Å². The monoisotopic (exact) mass is 259 g/mol. The Balaban J connectivity index is 1.66. The zero-order valence-electron chi connectivity index (χ0n) is 10.9. The molecule has 0 bridgehead atoms. The third-order valence-corrected chi connectivity index (χ3v) is 3.45. The average molecular weight is 259 g/mol. The first-order valence-electron chi connectivity index (χ1n) is 6.45. The molecular weight excluding hydrogens is 242 g/mol. The van der Waals surface area contributed by atoms with Gasteiger partial charge in [0, 0.05) is 44.7 Å². The van der Waals surface area contributed by atoms with Crippen molar-refractivity contribution >= 4 is 5.95 Å². The fourth-order valence-corrected chi connectivity index (χ4v) is 2.45. The molecule has 6 nitrogen and oxygen atoms in total. The second kappa shape index (κ2) is 5.36. The summed E-state index contributed by atoms with van der Waals surface area (Å²) in [5, 5.41) is 7.47. The van der Waals surface area contributed by atoms with Crippen LogP contribution < -0.4 is 5.32 Å². The van der Waals surface area contributed by atoms with Crippen molar-refractivity contribution in [2.75, 3.05) is 18.5 Å². The summed E-state index contributed by atoms with van der Waals surface area (Å²) in [5.41, 5.74) is 1.12. The van der Waals surface area contributed by atoms with Gasteiger partial charge >= 0.3 is 0 Å². The fourth-order valence-electron chi connectivity index (χ4n) is 2.45. The lowest BCUT2D eigenvalue weighted by molar-refractivity contribution is 0.0866. The molecule has 3 heterocycles. The van der Waals surface area contributed by atoms with Gasteiger partial charge in [0.1, 0.15) is 6.10 Å². The van der Waals surface area contributed by atoms with Crippen LogP contribution in [0, 0.1) is 5.92 Å². The maximum absolute atomic E-state index is 5.84. The molecule has 0 unspecified atom stereocenters. The number of hydrogen-bond acceptors (Lipinski definition) is 5. The highest BCUT2D eigenvalue weighted by Crippen LogP contribution is 2.33. The number of nitrogens with one attached hydrogen (secondary N) is 1. The van der Waals surface area contributed by atoms with Crippen LogP contribution in [-0.4, -0.2) is 32.9 Å². The van der Waals surface area contributed by atoms with E-state index < -0.39 is 0 Å². The molecule has 19 heavy (non-hydrogen) atoms. The lowest BCUT2D eigenvalue weighted by Gasteiger charge is -2.19. The SMILES string of the molecule is Cn1nccc1[C@@H]1OCC[C@H]1CNc1ncccn1. The van der Waals surface area contributed by atoms with Crippen LogP contribution in [0.25, 0.3) is 0 Å². The summed E-state index contributed by atoms with van der Waals surface area (Å²) in [7, 11) is 1.95. The van der Waals surface area contributed by atoms with Crippen molar-refractivity contribution < 1.29 is 4.74 Å². The van der Waals surface area contributed by atoms with Gasteiger partial charge in [0.2, 0.25) is 5.95 Å². The molecule has 2 aromatic heterocycles. The van der Waals surface area contributed by atoms with Gasteiger partial charge in [-0.25, -0.2) is 9.97 Å². The predicted molar refractivity (Wildman–Crippen MR) is 70.5 cm³/mol. The Bertz CT molecular complexity index is 527. The molecule has 0 amide bonds. The van der Waals surface area contributed by atoms with Gasteiger partial charge in [-0.3, -0.25) is 4.68 Å². The number of hydrogen-bond donors (Lipinski definition) is 1. The summed E-state index contributed by atoms with van der Waals surface area (Å²) in [5.74, 6) is 1.08. The second-order valence-electron chi connectivity index (χ2n) is 4.67. The summed E-state index contributed by atoms with van der Waals surface area (Å²) >= 11 is 0. The molecule has 1 aliphatic heterocycles. The molecule has 2 atom stereocenters. The fraction of sp³-hybridized carbons (Fsp3) is 0.462. The van der Waals surface area contributed by atoms with Crippen LogP contribution in [0.4, 0.5) is 5.95 Å². The Kier molecular flexibility index (Phi) is 3.41. The van der Waals surface area contributed by atoms with E-state index >= 15 is 0 Å². The molecular formula is C13H17N5O. The van der Waals surface area contributed by atoms with Crippen molar-refractivity contribution in [3.8, 4) is 0 Å². The minimum Gasteiger partial charge on any atom is -0.372 e. The van der Waals surface area contributed by atoms with Crippen molar-refractivity contribution in [1.29, 1.82) is 0 Å². The number of rotatable bonds is 4. The Morgan fingerprint density at radius 2 is 2.21 bits per heavy atom. The van der Waals surface area contributed by atoms with Crippen molar-refractivity contribution in [1.82, 2.24) is 19.7 Å². The van der Waals surface area contributed by atoms with Crippen molar-refractivity contribution in [3.05, 3.63) is 36.4 Å². The molecule has 1 aliphatic rings. The van der Waals surface area contributed by atoms with Gasteiger partial charge in [0.15, 0.2) is 0 Å². The highest BCUT2D eigenvalue weighted by Gasteiger charge is 2.31. The normalized spacial score (nSPS) is 22.6. The van der Waals surface area contributed by atoms with Gasteiger partial charge < -0.3 is 10.1 Å². The van der Waals surface area contributed by atoms with Crippen molar-refractivity contribution in [2.45, 2.75) is 12.5 Å². The van der Waals surface area contributed by atoms with E-state index in [1.165, 1.54) is 0 Å². The van der Waals surface area contributed by atoms with Crippen LogP contribution >= 0.6 is 0 Å². The third kappa shape index (κ3) is 2.58. The highest BCUT2D eigenvalue weighted by atomic mass is 16.5. The average Bonchev–Trinajstić information content (AvgIpc) is 3.05. The van der Waals surface area contributed by atoms with E-state index in [9.17, 15) is 0 Å². The molecule has 2 aromatic rings. The zero-order chi connectivity index (χ0) is 13.1. The van der Waals surface area contributed by atoms with Gasteiger partial charge in [0.25, 0.3) is 0 Å². The summed E-state index contributed by atoms with van der Waals surface area (Å²) in [6, 6.07) is 3.82. The molecule has 0 aliphatic carbocycles. The number of ether oxygens (including phenoxy) is 1. The molecule has 3 rings (SSSR count). The van der Waals surface area contributed by atoms with E-state index in [0.717, 1.165) is 25.3 Å². The van der Waals surface area contributed by atoms with Gasteiger partial charge in [-0.1, -0.05) is 0 Å². The maximum Gasteiger partial charge on any atom is 0.222 e. The van der Waals surface area contributed by atoms with Crippen LogP contribution in [0.1, 0.15) is 18.2 Å². The first-order chi connectivity index (χ1) is 9.34. The van der Waals surface area contributed by atoms with E-state index in [1.807, 2.05) is 30.1 Å². The standard InChI is InChI=1S/C13H17N5O/c1-18-11(3-7-17-18)12-10(4-8-19-12)9-16-13-14-5-2-6-15-13/h2-3,5-7,10,12H,4,8-9H2,1H3,(H,14,15,16)/t10-,12+/m0/s1. The topological polar surface area (TPSA) is 64.9 Å². The Labute approximate surface area is 111 Å². The second-order valence-corrected chi connectivity index (χ2v) is 4.67. The van der Waals surface area contributed by atoms with E-state index in [1.54, 1.807) is 12.4 Å². The van der Waals surface area contributed by atoms with Gasteiger partial charge in [0.05, 0.1) is 5.69 Å². The summed E-state index contributed by atoms with van der Waals surface area (Å²) in [6.45, 7) is 1.59. The first kappa shape index (κ1) is 12.1. The maximum atomic E-state index is 5.84. The van der Waals surface area contributed by atoms with Gasteiger partial charge in [-0.2, -0.15) is 5.10 Å². The molecule has 0 saturated carbocycles. The largest absolute Gasteiger partial charge is 0.372 e. The molecule has 1 fully saturated rings. The highest BCUT2D eigenvalue weighted by molar-refractivity contribution is 5.22. The Morgan fingerprint density at radius 1 is 1.37 bits per heavy atom. The number of nitrogens with zero attached hydrogens (tertiary/aromatic N) is 4. The van der Waals surface area contributed by atoms with Crippen LogP contribution in [0.15, 0.2) is 30.7 Å². The Hall–Kier alpha value is -1.95. The molecule has 0 aromatic carbocycles. The predicted octanol–water partition coefficient (Wildman–Crippen LogP) is 1.40. The van der Waals surface area contributed by atoms with E-state index in [4.69, 9.17) is 4.74 Å². The number of aryl methyl sites for hydroxylation is 1. The minimum atomic E-state index is 0.101. The summed E-state index contributed by atoms with van der Waals surface area (Å²) in [4.78, 5) is 8.33. The van der Waals surface area contributed by atoms with E-state index in [-0.39, 0.29) is 6.10 Å². The number of anilines is 1. The van der Waals surface area contributed by atoms with Crippen molar-refractivity contribution in [3.63, 3.8) is 0 Å². The molecule has 1 saturated heterocycles. The quantitative estimate of drug-likeness (QED) is 0.899. The third-order valence-electron chi connectivity index (χ3n) is 3.45. The van der Waals surface area contributed by atoms with E-state index in [2.05, 4.69) is 20.4 Å². The first-order valence-corrected chi connectivity index (χ1v) is 6.45. The van der Waals surface area contributed by atoms with Crippen LogP contribution in [0.2, 0.25) is 0 Å². The van der Waals surface area contributed by atoms with Crippen molar-refractivity contribution in [2.24, 2.45) is 13.0 Å². The zero-order valence-corrected chi connectivity index (χ0v) is 10.9. The molecule has 100 valence electrons. The van der Waals surface area contributed by atoms with Gasteiger partial charge in [-0.05, 0) is 18.6 Å². The van der Waals surface area contributed by atoms with Crippen LogP contribution in [0.3, 0.4) is 0 Å². The lowest BCUT2D eigenvalue weighted by atomic mass is 9.99. The number of aromatic nitrogens is 4. The lowest BCUT2D eigenvalue weighted by Crippen LogP contribution is -2.20. The van der Waals surface area contributed by atoms with Gasteiger partial charge in [-0.15, -0.1) is 0 Å². The molecule has 0 radical (unpaired) electrons. The minimum absolute atomic E-state index is 0.101. The molecule has 0 spiro atoms. The van der Waals surface area contributed by atoms with E-state index in [0.29, 0.717) is 11.9 Å². The molecule has 1 N–H and O–H groups in total. The smallest absolute Gasteiger partial charge is 0.222 e.